The summed E-state index contributed by atoms with van der Waals surface area (Å²) in [6.07, 6.45) is 15.0. The van der Waals surface area contributed by atoms with Crippen LogP contribution in [0.4, 0.5) is 0 Å². The SMILES string of the molecule is C=C(CO)C(=O)OCC(COC(=O)C(=C)COC)c1ccc(-c2ccc(C3CCC(CCC4CCCC4)CC3)cc2CC)cc1. The van der Waals surface area contributed by atoms with Gasteiger partial charge < -0.3 is 19.3 Å². The maximum absolute atomic E-state index is 12.4. The van der Waals surface area contributed by atoms with Gasteiger partial charge in [0, 0.05) is 7.11 Å². The number of ether oxygens (including phenoxy) is 3. The van der Waals surface area contributed by atoms with Gasteiger partial charge in [-0.1, -0.05) is 101 Å². The summed E-state index contributed by atoms with van der Waals surface area (Å²) in [4.78, 5) is 24.5. The van der Waals surface area contributed by atoms with E-state index >= 15 is 0 Å². The lowest BCUT2D eigenvalue weighted by molar-refractivity contribution is -0.143. The molecular formula is C39H52O6. The molecule has 2 aliphatic rings. The third kappa shape index (κ3) is 9.88. The lowest BCUT2D eigenvalue weighted by atomic mass is 9.76. The van der Waals surface area contributed by atoms with E-state index < -0.39 is 24.5 Å². The van der Waals surface area contributed by atoms with Crippen molar-refractivity contribution < 1.29 is 28.9 Å². The predicted octanol–water partition coefficient (Wildman–Crippen LogP) is 8.08. The van der Waals surface area contributed by atoms with Crippen molar-refractivity contribution >= 4 is 11.9 Å². The number of hydrogen-bond donors (Lipinski definition) is 1. The van der Waals surface area contributed by atoms with E-state index in [9.17, 15) is 14.7 Å². The maximum Gasteiger partial charge on any atom is 0.335 e. The molecule has 2 aromatic carbocycles. The molecule has 1 unspecified atom stereocenters. The molecule has 0 aliphatic heterocycles. The summed E-state index contributed by atoms with van der Waals surface area (Å²) in [5, 5.41) is 9.22. The Balaban J connectivity index is 1.41. The average molecular weight is 617 g/mol. The minimum Gasteiger partial charge on any atom is -0.461 e. The number of aryl methyl sites for hydroxylation is 1. The van der Waals surface area contributed by atoms with Crippen molar-refractivity contribution in [2.75, 3.05) is 33.5 Å². The molecule has 6 heteroatoms. The van der Waals surface area contributed by atoms with E-state index in [0.717, 1.165) is 29.4 Å². The van der Waals surface area contributed by atoms with E-state index in [4.69, 9.17) is 14.2 Å². The summed E-state index contributed by atoms with van der Waals surface area (Å²) >= 11 is 0. The number of carbonyl (C=O) groups excluding carboxylic acids is 2. The number of aliphatic hydroxyl groups is 1. The topological polar surface area (TPSA) is 82.1 Å². The van der Waals surface area contributed by atoms with Crippen LogP contribution < -0.4 is 0 Å². The Kier molecular flexibility index (Phi) is 13.5. The second kappa shape index (κ2) is 17.5. The highest BCUT2D eigenvalue weighted by atomic mass is 16.5. The van der Waals surface area contributed by atoms with Gasteiger partial charge in [-0.2, -0.15) is 0 Å². The molecule has 2 aromatic rings. The van der Waals surface area contributed by atoms with Crippen molar-refractivity contribution in [3.63, 3.8) is 0 Å². The first-order valence-electron chi connectivity index (χ1n) is 16.9. The van der Waals surface area contributed by atoms with Crippen LogP contribution in [-0.2, 0) is 30.2 Å². The molecule has 1 N–H and O–H groups in total. The third-order valence-corrected chi connectivity index (χ3v) is 9.90. The van der Waals surface area contributed by atoms with E-state index in [1.54, 1.807) is 0 Å². The summed E-state index contributed by atoms with van der Waals surface area (Å²) in [6, 6.07) is 15.2. The zero-order chi connectivity index (χ0) is 32.2. The van der Waals surface area contributed by atoms with Crippen LogP contribution >= 0.6 is 0 Å². The molecule has 0 saturated heterocycles. The van der Waals surface area contributed by atoms with Gasteiger partial charge in [-0.05, 0) is 77.7 Å². The van der Waals surface area contributed by atoms with Crippen molar-refractivity contribution in [1.82, 2.24) is 0 Å². The normalized spacial score (nSPS) is 19.2. The molecule has 1 atom stereocenters. The molecule has 0 aromatic heterocycles. The molecular weight excluding hydrogens is 564 g/mol. The maximum atomic E-state index is 12.4. The number of carbonyl (C=O) groups is 2. The zero-order valence-electron chi connectivity index (χ0n) is 27.4. The van der Waals surface area contributed by atoms with Gasteiger partial charge in [-0.3, -0.25) is 0 Å². The van der Waals surface area contributed by atoms with Crippen LogP contribution in [0.2, 0.25) is 0 Å². The Morgan fingerprint density at radius 3 is 2.02 bits per heavy atom. The van der Waals surface area contributed by atoms with Gasteiger partial charge in [0.2, 0.25) is 0 Å². The van der Waals surface area contributed by atoms with Gasteiger partial charge in [0.05, 0.1) is 30.3 Å². The number of rotatable bonds is 16. The molecule has 2 aliphatic carbocycles. The number of hydrogen-bond acceptors (Lipinski definition) is 6. The van der Waals surface area contributed by atoms with Crippen LogP contribution in [0.5, 0.6) is 0 Å². The van der Waals surface area contributed by atoms with Crippen molar-refractivity contribution in [2.24, 2.45) is 11.8 Å². The zero-order valence-corrected chi connectivity index (χ0v) is 27.4. The minimum atomic E-state index is -0.681. The standard InChI is InChI=1S/C39H52O6/c1-5-31-22-35(32-14-12-30(13-15-32)11-10-29-8-6-7-9-29)20-21-37(31)34-18-16-33(17-19-34)36(25-44-38(41)27(2)23-40)26-45-39(42)28(3)24-43-4/h16-22,29-30,32,36,40H,2-3,5-15,23-26H2,1,4H3. The molecule has 0 heterocycles. The summed E-state index contributed by atoms with van der Waals surface area (Å²) in [5.41, 5.74) is 6.21. The third-order valence-electron chi connectivity index (χ3n) is 9.90. The summed E-state index contributed by atoms with van der Waals surface area (Å²) in [6.45, 7) is 9.00. The fourth-order valence-corrected chi connectivity index (χ4v) is 7.03. The molecule has 244 valence electrons. The Bertz CT molecular complexity index is 1280. The monoisotopic (exact) mass is 616 g/mol. The van der Waals surface area contributed by atoms with Crippen LogP contribution in [0.15, 0.2) is 66.8 Å². The van der Waals surface area contributed by atoms with Crippen LogP contribution in [-0.4, -0.2) is 50.6 Å². The highest BCUT2D eigenvalue weighted by molar-refractivity contribution is 5.88. The van der Waals surface area contributed by atoms with E-state index in [2.05, 4.69) is 50.4 Å². The van der Waals surface area contributed by atoms with E-state index in [0.29, 0.717) is 5.92 Å². The molecule has 0 bridgehead atoms. The smallest absolute Gasteiger partial charge is 0.335 e. The lowest BCUT2D eigenvalue weighted by Gasteiger charge is -2.30. The summed E-state index contributed by atoms with van der Waals surface area (Å²) < 4.78 is 15.8. The van der Waals surface area contributed by atoms with Crippen LogP contribution in [0.3, 0.4) is 0 Å². The van der Waals surface area contributed by atoms with E-state index in [-0.39, 0.29) is 31.0 Å². The lowest BCUT2D eigenvalue weighted by Crippen LogP contribution is -2.21. The van der Waals surface area contributed by atoms with Gasteiger partial charge in [0.25, 0.3) is 0 Å². The first-order chi connectivity index (χ1) is 21.8. The molecule has 6 nitrogen and oxygen atoms in total. The van der Waals surface area contributed by atoms with Gasteiger partial charge in [-0.25, -0.2) is 9.59 Å². The van der Waals surface area contributed by atoms with Gasteiger partial charge in [0.15, 0.2) is 0 Å². The Morgan fingerprint density at radius 1 is 0.844 bits per heavy atom. The summed E-state index contributed by atoms with van der Waals surface area (Å²) in [7, 11) is 1.48. The Morgan fingerprint density at radius 2 is 1.44 bits per heavy atom. The average Bonchev–Trinajstić information content (AvgIpc) is 3.61. The highest BCUT2D eigenvalue weighted by Crippen LogP contribution is 2.40. The second-order valence-electron chi connectivity index (χ2n) is 13.0. The van der Waals surface area contributed by atoms with Gasteiger partial charge in [-0.15, -0.1) is 0 Å². The van der Waals surface area contributed by atoms with Crippen molar-refractivity contribution in [3.8, 4) is 11.1 Å². The summed E-state index contributed by atoms with van der Waals surface area (Å²) in [5.74, 6) is 0.923. The quantitative estimate of drug-likeness (QED) is 0.152. The Labute approximate surface area is 269 Å². The van der Waals surface area contributed by atoms with Crippen molar-refractivity contribution in [1.29, 1.82) is 0 Å². The molecule has 0 amide bonds. The molecule has 0 spiro atoms. The van der Waals surface area contributed by atoms with Gasteiger partial charge in [0.1, 0.15) is 13.2 Å². The number of benzene rings is 2. The highest BCUT2D eigenvalue weighted by Gasteiger charge is 2.25. The van der Waals surface area contributed by atoms with E-state index in [1.807, 2.05) is 12.1 Å². The fourth-order valence-electron chi connectivity index (χ4n) is 7.03. The predicted molar refractivity (Wildman–Crippen MR) is 179 cm³/mol. The Hall–Kier alpha value is -3.22. The fraction of sp³-hybridized carbons (Fsp3) is 0.538. The van der Waals surface area contributed by atoms with Crippen LogP contribution in [0.1, 0.15) is 99.7 Å². The van der Waals surface area contributed by atoms with Crippen LogP contribution in [0.25, 0.3) is 11.1 Å². The van der Waals surface area contributed by atoms with Crippen molar-refractivity contribution in [2.45, 2.75) is 89.4 Å². The number of aliphatic hydroxyl groups excluding tert-OH is 1. The minimum absolute atomic E-state index is 0.00245. The number of esters is 2. The second-order valence-corrected chi connectivity index (χ2v) is 13.0. The van der Waals surface area contributed by atoms with Crippen LogP contribution in [0, 0.1) is 11.8 Å². The van der Waals surface area contributed by atoms with Crippen molar-refractivity contribution in [3.05, 3.63) is 83.5 Å². The number of methoxy groups -OCH3 is 1. The molecule has 45 heavy (non-hydrogen) atoms. The largest absolute Gasteiger partial charge is 0.461 e. The van der Waals surface area contributed by atoms with Gasteiger partial charge >= 0.3 is 11.9 Å². The first-order valence-corrected chi connectivity index (χ1v) is 16.9. The molecule has 2 fully saturated rings. The molecule has 4 rings (SSSR count). The van der Waals surface area contributed by atoms with E-state index in [1.165, 1.54) is 88.0 Å². The first kappa shape index (κ1) is 34.6. The molecule has 2 saturated carbocycles. The molecule has 0 radical (unpaired) electrons.